The van der Waals surface area contributed by atoms with Crippen molar-refractivity contribution in [1.29, 1.82) is 0 Å². The smallest absolute Gasteiger partial charge is 0.303 e. The fraction of sp³-hybridized carbons (Fsp3) is 0.308. The van der Waals surface area contributed by atoms with Gasteiger partial charge >= 0.3 is 5.97 Å². The molecule has 2 heterocycles. The van der Waals surface area contributed by atoms with Crippen LogP contribution >= 0.6 is 0 Å². The molecule has 7 heteroatoms. The lowest BCUT2D eigenvalue weighted by atomic mass is 9.86. The molecule has 170 valence electrons. The molecule has 0 amide bonds. The highest BCUT2D eigenvalue weighted by molar-refractivity contribution is 6.11. The summed E-state index contributed by atoms with van der Waals surface area (Å²) >= 11 is 0. The molecule has 2 atom stereocenters. The Kier molecular flexibility index (Phi) is 4.65. The van der Waals surface area contributed by atoms with Crippen LogP contribution in [0.2, 0.25) is 0 Å². The van der Waals surface area contributed by atoms with Gasteiger partial charge < -0.3 is 23.9 Å². The van der Waals surface area contributed by atoms with Gasteiger partial charge in [-0.25, -0.2) is 0 Å². The van der Waals surface area contributed by atoms with Crippen LogP contribution in [0.25, 0.3) is 32.6 Å². The fourth-order valence-electron chi connectivity index (χ4n) is 5.02. The van der Waals surface area contributed by atoms with E-state index in [9.17, 15) is 14.7 Å². The standard InChI is InChI=1S/C26H25NO6/c1-13(28)32-25-24(30)21-18(33-26(25,2)3)12-17(31-5)20-22(21)27(4)16-11-10-14-8-6-7-9-15(14)19(16)23(20)29/h6-12,24-25,30H,1-5H3. The van der Waals surface area contributed by atoms with E-state index in [1.807, 2.05) is 48.0 Å². The van der Waals surface area contributed by atoms with Crippen molar-refractivity contribution < 1.29 is 24.1 Å². The molecule has 0 radical (unpaired) electrons. The molecule has 5 rings (SSSR count). The first-order valence-corrected chi connectivity index (χ1v) is 10.7. The zero-order valence-corrected chi connectivity index (χ0v) is 19.1. The van der Waals surface area contributed by atoms with Crippen LogP contribution in [0.3, 0.4) is 0 Å². The quantitative estimate of drug-likeness (QED) is 0.284. The topological polar surface area (TPSA) is 87.0 Å². The predicted octanol–water partition coefficient (Wildman–Crippen LogP) is 3.99. The third-order valence-corrected chi connectivity index (χ3v) is 6.48. The van der Waals surface area contributed by atoms with E-state index >= 15 is 0 Å². The van der Waals surface area contributed by atoms with Crippen LogP contribution in [0.4, 0.5) is 0 Å². The lowest BCUT2D eigenvalue weighted by Gasteiger charge is -2.42. The molecule has 0 saturated heterocycles. The number of esters is 1. The van der Waals surface area contributed by atoms with Crippen LogP contribution in [0.15, 0.2) is 47.3 Å². The zero-order chi connectivity index (χ0) is 23.7. The molecule has 7 nitrogen and oxygen atoms in total. The van der Waals surface area contributed by atoms with Gasteiger partial charge in [0.05, 0.1) is 34.5 Å². The largest absolute Gasteiger partial charge is 0.496 e. The number of benzene rings is 3. The van der Waals surface area contributed by atoms with Crippen LogP contribution in [0, 0.1) is 0 Å². The molecule has 4 aromatic rings. The molecule has 0 aliphatic carbocycles. The van der Waals surface area contributed by atoms with E-state index < -0.39 is 23.8 Å². The molecule has 0 bridgehead atoms. The van der Waals surface area contributed by atoms with Gasteiger partial charge in [-0.3, -0.25) is 9.59 Å². The average molecular weight is 447 g/mol. The molecule has 0 fully saturated rings. The number of hydrogen-bond donors (Lipinski definition) is 1. The van der Waals surface area contributed by atoms with Crippen LogP contribution in [0.1, 0.15) is 32.4 Å². The number of carbonyl (C=O) groups is 1. The van der Waals surface area contributed by atoms with E-state index in [2.05, 4.69) is 0 Å². The van der Waals surface area contributed by atoms with Gasteiger partial charge in [-0.2, -0.15) is 0 Å². The number of pyridine rings is 1. The molecule has 0 saturated carbocycles. The van der Waals surface area contributed by atoms with Crippen LogP contribution in [-0.4, -0.2) is 34.5 Å². The first-order chi connectivity index (χ1) is 15.7. The van der Waals surface area contributed by atoms with E-state index in [-0.39, 0.29) is 5.43 Å². The summed E-state index contributed by atoms with van der Waals surface area (Å²) in [6.07, 6.45) is -2.16. The van der Waals surface area contributed by atoms with Gasteiger partial charge in [0.15, 0.2) is 6.10 Å². The fourth-order valence-corrected chi connectivity index (χ4v) is 5.02. The molecule has 1 aromatic heterocycles. The second kappa shape index (κ2) is 7.22. The summed E-state index contributed by atoms with van der Waals surface area (Å²) in [6, 6.07) is 13.2. The molecular formula is C26H25NO6. The van der Waals surface area contributed by atoms with Crippen molar-refractivity contribution in [2.24, 2.45) is 7.05 Å². The van der Waals surface area contributed by atoms with Crippen LogP contribution < -0.4 is 14.9 Å². The summed E-state index contributed by atoms with van der Waals surface area (Å²) in [4.78, 5) is 25.7. The van der Waals surface area contributed by atoms with E-state index in [0.717, 1.165) is 10.8 Å². The highest BCUT2D eigenvalue weighted by Gasteiger charge is 2.47. The normalized spacial score (nSPS) is 19.3. The lowest BCUT2D eigenvalue weighted by molar-refractivity contribution is -0.174. The number of aromatic nitrogens is 1. The summed E-state index contributed by atoms with van der Waals surface area (Å²) < 4.78 is 19.2. The molecule has 33 heavy (non-hydrogen) atoms. The van der Waals surface area contributed by atoms with Crippen LogP contribution in [0.5, 0.6) is 11.5 Å². The summed E-state index contributed by atoms with van der Waals surface area (Å²) in [7, 11) is 3.34. The Balaban J connectivity index is 1.96. The Labute approximate surface area is 190 Å². The van der Waals surface area contributed by atoms with E-state index in [1.54, 1.807) is 19.9 Å². The Morgan fingerprint density at radius 3 is 2.58 bits per heavy atom. The molecule has 1 N–H and O–H groups in total. The van der Waals surface area contributed by atoms with Crippen molar-refractivity contribution in [3.05, 3.63) is 58.3 Å². The Morgan fingerprint density at radius 2 is 1.88 bits per heavy atom. The van der Waals surface area contributed by atoms with Crippen molar-refractivity contribution >= 4 is 38.5 Å². The minimum absolute atomic E-state index is 0.199. The lowest BCUT2D eigenvalue weighted by Crippen LogP contribution is -2.51. The SMILES string of the molecule is COc1cc2c(c3c1c(=O)c1c4ccccc4ccc1n3C)C(O)C(OC(C)=O)C(C)(C)O2. The summed E-state index contributed by atoms with van der Waals surface area (Å²) in [5.41, 5.74) is 0.393. The number of methoxy groups -OCH3 is 1. The number of aliphatic hydroxyl groups excluding tert-OH is 1. The second-order valence-electron chi connectivity index (χ2n) is 8.96. The molecular weight excluding hydrogens is 422 g/mol. The first-order valence-electron chi connectivity index (χ1n) is 10.7. The van der Waals surface area contributed by atoms with Gasteiger partial charge in [0.1, 0.15) is 23.2 Å². The minimum Gasteiger partial charge on any atom is -0.496 e. The average Bonchev–Trinajstić information content (AvgIpc) is 2.77. The molecule has 1 aliphatic rings. The highest BCUT2D eigenvalue weighted by atomic mass is 16.6. The Bertz CT molecular complexity index is 1520. The van der Waals surface area contributed by atoms with Gasteiger partial charge in [-0.05, 0) is 30.7 Å². The number of fused-ring (bicyclic) bond motifs is 6. The maximum absolute atomic E-state index is 13.9. The van der Waals surface area contributed by atoms with Gasteiger partial charge in [-0.1, -0.05) is 30.3 Å². The van der Waals surface area contributed by atoms with E-state index in [1.165, 1.54) is 14.0 Å². The third kappa shape index (κ3) is 2.99. The number of carbonyl (C=O) groups excluding carboxylic acids is 1. The number of aliphatic hydroxyl groups is 1. The number of hydrogen-bond acceptors (Lipinski definition) is 6. The molecule has 2 unspecified atom stereocenters. The van der Waals surface area contributed by atoms with E-state index in [4.69, 9.17) is 14.2 Å². The van der Waals surface area contributed by atoms with Crippen molar-refractivity contribution in [3.8, 4) is 11.5 Å². The van der Waals surface area contributed by atoms with Crippen molar-refractivity contribution in [3.63, 3.8) is 0 Å². The second-order valence-corrected chi connectivity index (χ2v) is 8.96. The number of ether oxygens (including phenoxy) is 3. The Morgan fingerprint density at radius 1 is 1.15 bits per heavy atom. The van der Waals surface area contributed by atoms with Gasteiger partial charge in [0.2, 0.25) is 5.43 Å². The first kappa shape index (κ1) is 21.3. The summed E-state index contributed by atoms with van der Waals surface area (Å²) in [5.74, 6) is 0.214. The van der Waals surface area contributed by atoms with Crippen molar-refractivity contribution in [2.45, 2.75) is 38.6 Å². The van der Waals surface area contributed by atoms with E-state index in [0.29, 0.717) is 38.9 Å². The van der Waals surface area contributed by atoms with Gasteiger partial charge in [0.25, 0.3) is 0 Å². The highest BCUT2D eigenvalue weighted by Crippen LogP contribution is 2.47. The van der Waals surface area contributed by atoms with Gasteiger partial charge in [-0.15, -0.1) is 0 Å². The Hall–Kier alpha value is -3.58. The van der Waals surface area contributed by atoms with Crippen LogP contribution in [-0.2, 0) is 16.6 Å². The van der Waals surface area contributed by atoms with Gasteiger partial charge in [0, 0.05) is 20.0 Å². The zero-order valence-electron chi connectivity index (χ0n) is 19.1. The maximum atomic E-state index is 13.9. The maximum Gasteiger partial charge on any atom is 0.303 e. The molecule has 1 aliphatic heterocycles. The predicted molar refractivity (Wildman–Crippen MR) is 126 cm³/mol. The molecule has 3 aromatic carbocycles. The number of rotatable bonds is 2. The summed E-state index contributed by atoms with van der Waals surface area (Å²) in [6.45, 7) is 4.78. The monoisotopic (exact) mass is 447 g/mol. The minimum atomic E-state index is -1.20. The van der Waals surface area contributed by atoms with Crippen molar-refractivity contribution in [1.82, 2.24) is 4.57 Å². The number of aryl methyl sites for hydroxylation is 1. The van der Waals surface area contributed by atoms with Crippen molar-refractivity contribution in [2.75, 3.05) is 7.11 Å². The third-order valence-electron chi connectivity index (χ3n) is 6.48. The molecule has 0 spiro atoms. The number of nitrogens with zero attached hydrogens (tertiary/aromatic N) is 1. The summed E-state index contributed by atoms with van der Waals surface area (Å²) in [5, 5.41) is 14.1.